The van der Waals surface area contributed by atoms with Crippen LogP contribution in [0.1, 0.15) is 41.0 Å². The van der Waals surface area contributed by atoms with Crippen LogP contribution in [0.5, 0.6) is 0 Å². The Hall–Kier alpha value is -2.21. The SMILES string of the molecule is C[C@H](NC(=O)[C@H]1CCCN(C(=O)c2cccs2)C1)c1cccc(F)c1. The number of nitrogens with zero attached hydrogens (tertiary/aromatic N) is 1. The lowest BCUT2D eigenvalue weighted by Gasteiger charge is -2.32. The van der Waals surface area contributed by atoms with Gasteiger partial charge in [-0.15, -0.1) is 11.3 Å². The van der Waals surface area contributed by atoms with Gasteiger partial charge in [0.05, 0.1) is 16.8 Å². The Labute approximate surface area is 150 Å². The summed E-state index contributed by atoms with van der Waals surface area (Å²) in [4.78, 5) is 27.5. The van der Waals surface area contributed by atoms with Crippen LogP contribution in [0.25, 0.3) is 0 Å². The Bertz CT molecular complexity index is 748. The van der Waals surface area contributed by atoms with E-state index in [1.165, 1.54) is 23.5 Å². The summed E-state index contributed by atoms with van der Waals surface area (Å²) < 4.78 is 13.3. The van der Waals surface area contributed by atoms with Crippen LogP contribution < -0.4 is 5.32 Å². The van der Waals surface area contributed by atoms with E-state index in [0.717, 1.165) is 18.4 Å². The predicted molar refractivity (Wildman–Crippen MR) is 95.9 cm³/mol. The van der Waals surface area contributed by atoms with E-state index >= 15 is 0 Å². The van der Waals surface area contributed by atoms with E-state index < -0.39 is 0 Å². The molecule has 1 aliphatic heterocycles. The highest BCUT2D eigenvalue weighted by molar-refractivity contribution is 7.12. The summed E-state index contributed by atoms with van der Waals surface area (Å²) in [5.74, 6) is -0.635. The fourth-order valence-corrected chi connectivity index (χ4v) is 3.81. The smallest absolute Gasteiger partial charge is 0.263 e. The van der Waals surface area contributed by atoms with E-state index in [4.69, 9.17) is 0 Å². The predicted octanol–water partition coefficient (Wildman–Crippen LogP) is 3.62. The first-order chi connectivity index (χ1) is 12.0. The van der Waals surface area contributed by atoms with Crippen LogP contribution in [0, 0.1) is 11.7 Å². The molecule has 0 bridgehead atoms. The summed E-state index contributed by atoms with van der Waals surface area (Å²) in [5.41, 5.74) is 0.732. The van der Waals surface area contributed by atoms with Crippen molar-refractivity contribution >= 4 is 23.2 Å². The molecule has 1 saturated heterocycles. The molecule has 0 spiro atoms. The Morgan fingerprint density at radius 1 is 1.32 bits per heavy atom. The average Bonchev–Trinajstić information content (AvgIpc) is 3.15. The van der Waals surface area contributed by atoms with Gasteiger partial charge in [0.2, 0.25) is 5.91 Å². The maximum absolute atomic E-state index is 13.3. The summed E-state index contributed by atoms with van der Waals surface area (Å²) >= 11 is 1.42. The molecular weight excluding hydrogens is 339 g/mol. The molecule has 25 heavy (non-hydrogen) atoms. The summed E-state index contributed by atoms with van der Waals surface area (Å²) in [6.45, 7) is 2.95. The Morgan fingerprint density at radius 3 is 2.88 bits per heavy atom. The van der Waals surface area contributed by atoms with E-state index in [1.54, 1.807) is 17.0 Å². The minimum absolute atomic E-state index is 0.00863. The second-order valence-corrected chi connectivity index (χ2v) is 7.30. The molecule has 2 atom stereocenters. The molecule has 3 rings (SSSR count). The van der Waals surface area contributed by atoms with Gasteiger partial charge in [0.25, 0.3) is 5.91 Å². The van der Waals surface area contributed by atoms with Crippen LogP contribution in [0.3, 0.4) is 0 Å². The zero-order valence-electron chi connectivity index (χ0n) is 14.1. The molecule has 1 fully saturated rings. The first-order valence-electron chi connectivity index (χ1n) is 8.43. The van der Waals surface area contributed by atoms with Crippen LogP contribution in [0.2, 0.25) is 0 Å². The van der Waals surface area contributed by atoms with E-state index in [2.05, 4.69) is 5.32 Å². The van der Waals surface area contributed by atoms with Crippen molar-refractivity contribution in [3.63, 3.8) is 0 Å². The van der Waals surface area contributed by atoms with Crippen LogP contribution >= 0.6 is 11.3 Å². The second kappa shape index (κ2) is 7.78. The zero-order valence-corrected chi connectivity index (χ0v) is 14.9. The van der Waals surface area contributed by atoms with Crippen molar-refractivity contribution in [1.82, 2.24) is 10.2 Å². The van der Waals surface area contributed by atoms with Crippen molar-refractivity contribution in [3.8, 4) is 0 Å². The first-order valence-corrected chi connectivity index (χ1v) is 9.31. The molecule has 2 aromatic rings. The highest BCUT2D eigenvalue weighted by Gasteiger charge is 2.29. The Morgan fingerprint density at radius 2 is 2.16 bits per heavy atom. The molecule has 0 aliphatic carbocycles. The van der Waals surface area contributed by atoms with Crippen LogP contribution in [-0.2, 0) is 4.79 Å². The minimum atomic E-state index is -0.316. The molecule has 4 nitrogen and oxygen atoms in total. The third-order valence-electron chi connectivity index (χ3n) is 4.52. The van der Waals surface area contributed by atoms with E-state index in [9.17, 15) is 14.0 Å². The van der Waals surface area contributed by atoms with Gasteiger partial charge < -0.3 is 10.2 Å². The number of hydrogen-bond acceptors (Lipinski definition) is 3. The molecule has 0 saturated carbocycles. The summed E-state index contributed by atoms with van der Waals surface area (Å²) in [6.07, 6.45) is 1.57. The van der Waals surface area contributed by atoms with Crippen LogP contribution in [0.15, 0.2) is 41.8 Å². The first kappa shape index (κ1) is 17.6. The Balaban J connectivity index is 1.61. The van der Waals surface area contributed by atoms with Crippen LogP contribution in [0.4, 0.5) is 4.39 Å². The van der Waals surface area contributed by atoms with Gasteiger partial charge >= 0.3 is 0 Å². The fourth-order valence-electron chi connectivity index (χ4n) is 3.12. The number of nitrogens with one attached hydrogen (secondary N) is 1. The number of carbonyl (C=O) groups excluding carboxylic acids is 2. The highest BCUT2D eigenvalue weighted by atomic mass is 32.1. The van der Waals surface area contributed by atoms with Gasteiger partial charge in [-0.25, -0.2) is 4.39 Å². The van der Waals surface area contributed by atoms with Crippen LogP contribution in [-0.4, -0.2) is 29.8 Å². The lowest BCUT2D eigenvalue weighted by molar-refractivity contribution is -0.127. The summed E-state index contributed by atoms with van der Waals surface area (Å²) in [7, 11) is 0. The van der Waals surface area contributed by atoms with Crippen molar-refractivity contribution in [3.05, 3.63) is 58.0 Å². The number of piperidine rings is 1. The quantitative estimate of drug-likeness (QED) is 0.905. The maximum atomic E-state index is 13.3. The fraction of sp³-hybridized carbons (Fsp3) is 0.368. The molecule has 132 valence electrons. The van der Waals surface area contributed by atoms with Gasteiger partial charge in [0, 0.05) is 13.1 Å². The third-order valence-corrected chi connectivity index (χ3v) is 5.38. The third kappa shape index (κ3) is 4.25. The number of amides is 2. The average molecular weight is 360 g/mol. The molecule has 2 amide bonds. The number of carbonyl (C=O) groups is 2. The molecule has 1 aromatic heterocycles. The monoisotopic (exact) mass is 360 g/mol. The lowest BCUT2D eigenvalue weighted by atomic mass is 9.96. The van der Waals surface area contributed by atoms with E-state index in [1.807, 2.05) is 24.4 Å². The normalized spacial score (nSPS) is 18.6. The largest absolute Gasteiger partial charge is 0.349 e. The standard InChI is InChI=1S/C19H21FN2O2S/c1-13(14-5-2-7-16(20)11-14)21-18(23)15-6-3-9-22(12-15)19(24)17-8-4-10-25-17/h2,4-5,7-8,10-11,13,15H,3,6,9,12H2,1H3,(H,21,23)/t13-,15-/m0/s1. The number of thiophene rings is 1. The minimum Gasteiger partial charge on any atom is -0.349 e. The highest BCUT2D eigenvalue weighted by Crippen LogP contribution is 2.22. The molecule has 0 radical (unpaired) electrons. The second-order valence-electron chi connectivity index (χ2n) is 6.35. The number of hydrogen-bond donors (Lipinski definition) is 1. The summed E-state index contributed by atoms with van der Waals surface area (Å²) in [6, 6.07) is 9.63. The molecule has 1 aromatic carbocycles. The van der Waals surface area contributed by atoms with Gasteiger partial charge in [-0.1, -0.05) is 18.2 Å². The van der Waals surface area contributed by atoms with Crippen molar-refractivity contribution in [2.24, 2.45) is 5.92 Å². The molecule has 6 heteroatoms. The topological polar surface area (TPSA) is 49.4 Å². The molecular formula is C19H21FN2O2S. The number of benzene rings is 1. The number of likely N-dealkylation sites (tertiary alicyclic amines) is 1. The van der Waals surface area contributed by atoms with E-state index in [0.29, 0.717) is 18.0 Å². The maximum Gasteiger partial charge on any atom is 0.263 e. The molecule has 1 N–H and O–H groups in total. The number of halogens is 1. The van der Waals surface area contributed by atoms with Crippen molar-refractivity contribution in [2.45, 2.75) is 25.8 Å². The van der Waals surface area contributed by atoms with Crippen molar-refractivity contribution in [2.75, 3.05) is 13.1 Å². The van der Waals surface area contributed by atoms with Crippen molar-refractivity contribution < 1.29 is 14.0 Å². The lowest BCUT2D eigenvalue weighted by Crippen LogP contribution is -2.45. The van der Waals surface area contributed by atoms with Gasteiger partial charge in [-0.2, -0.15) is 0 Å². The van der Waals surface area contributed by atoms with E-state index in [-0.39, 0.29) is 29.6 Å². The molecule has 1 aliphatic rings. The van der Waals surface area contributed by atoms with Gasteiger partial charge in [0.1, 0.15) is 5.82 Å². The van der Waals surface area contributed by atoms with Crippen molar-refractivity contribution in [1.29, 1.82) is 0 Å². The van der Waals surface area contributed by atoms with Gasteiger partial charge in [-0.3, -0.25) is 9.59 Å². The van der Waals surface area contributed by atoms with Gasteiger partial charge in [-0.05, 0) is 48.9 Å². The molecule has 0 unspecified atom stereocenters. The summed E-state index contributed by atoms with van der Waals surface area (Å²) in [5, 5.41) is 4.82. The molecule has 2 heterocycles. The Kier molecular flexibility index (Phi) is 5.48. The number of rotatable bonds is 4. The van der Waals surface area contributed by atoms with Gasteiger partial charge in [0.15, 0.2) is 0 Å². The zero-order chi connectivity index (χ0) is 17.8.